The summed E-state index contributed by atoms with van der Waals surface area (Å²) in [6.45, 7) is 4.26. The van der Waals surface area contributed by atoms with Crippen LogP contribution in [0.25, 0.3) is 5.69 Å². The van der Waals surface area contributed by atoms with Gasteiger partial charge in [0.25, 0.3) is 5.91 Å². The van der Waals surface area contributed by atoms with E-state index in [0.717, 1.165) is 17.8 Å². The van der Waals surface area contributed by atoms with Crippen LogP contribution in [-0.2, 0) is 4.79 Å². The third-order valence-corrected chi connectivity index (χ3v) is 4.28. The Labute approximate surface area is 152 Å². The largest absolute Gasteiger partial charge is 0.482 e. The highest BCUT2D eigenvalue weighted by molar-refractivity contribution is 5.91. The zero-order chi connectivity index (χ0) is 18.4. The van der Waals surface area contributed by atoms with Crippen molar-refractivity contribution in [1.29, 1.82) is 0 Å². The first-order valence-electron chi connectivity index (χ1n) is 8.64. The van der Waals surface area contributed by atoms with E-state index in [9.17, 15) is 4.79 Å². The van der Waals surface area contributed by atoms with E-state index in [-0.39, 0.29) is 12.5 Å². The Bertz CT molecular complexity index is 848. The van der Waals surface area contributed by atoms with Crippen LogP contribution in [0, 0.1) is 0 Å². The Balaban J connectivity index is 1.75. The number of hydrogen-bond donors (Lipinski definition) is 1. The number of ether oxygens (including phenoxy) is 1. The molecule has 0 aliphatic heterocycles. The Morgan fingerprint density at radius 3 is 2.58 bits per heavy atom. The molecule has 0 fully saturated rings. The Morgan fingerprint density at radius 1 is 1.15 bits per heavy atom. The maximum absolute atomic E-state index is 12.1. The number of hydrogen-bond acceptors (Lipinski definition) is 4. The summed E-state index contributed by atoms with van der Waals surface area (Å²) in [6, 6.07) is 15.3. The standard InChI is InChI=1S/C20H22N4O2/c1-3-15(2)16-9-10-19(18(11-16)24-13-21-22-14-24)26-12-20(25)23-17-7-5-4-6-8-17/h4-11,13-15H,3,12H2,1-2H3,(H,23,25)/t15-/m0/s1. The molecular weight excluding hydrogens is 328 g/mol. The maximum Gasteiger partial charge on any atom is 0.262 e. The van der Waals surface area contributed by atoms with Crippen LogP contribution < -0.4 is 10.1 Å². The minimum atomic E-state index is -0.211. The second-order valence-electron chi connectivity index (χ2n) is 6.11. The number of nitrogens with one attached hydrogen (secondary N) is 1. The van der Waals surface area contributed by atoms with Crippen molar-refractivity contribution in [2.75, 3.05) is 11.9 Å². The Hall–Kier alpha value is -3.15. The molecule has 1 N–H and O–H groups in total. The van der Waals surface area contributed by atoms with Crippen LogP contribution in [0.1, 0.15) is 31.7 Å². The van der Waals surface area contributed by atoms with E-state index >= 15 is 0 Å². The van der Waals surface area contributed by atoms with Gasteiger partial charge in [0.15, 0.2) is 6.61 Å². The quantitative estimate of drug-likeness (QED) is 0.704. The van der Waals surface area contributed by atoms with Gasteiger partial charge in [-0.25, -0.2) is 0 Å². The van der Waals surface area contributed by atoms with Crippen molar-refractivity contribution in [3.05, 3.63) is 66.7 Å². The molecule has 0 spiro atoms. The number of para-hydroxylation sites is 1. The van der Waals surface area contributed by atoms with Gasteiger partial charge in [0, 0.05) is 5.69 Å². The van der Waals surface area contributed by atoms with Gasteiger partial charge in [-0.3, -0.25) is 9.36 Å². The number of benzene rings is 2. The molecule has 2 aromatic carbocycles. The fraction of sp³-hybridized carbons (Fsp3) is 0.250. The Kier molecular flexibility index (Phi) is 5.63. The summed E-state index contributed by atoms with van der Waals surface area (Å²) in [5, 5.41) is 10.5. The summed E-state index contributed by atoms with van der Waals surface area (Å²) >= 11 is 0. The second kappa shape index (κ2) is 8.29. The molecular formula is C20H22N4O2. The maximum atomic E-state index is 12.1. The van der Waals surface area contributed by atoms with Gasteiger partial charge in [-0.2, -0.15) is 0 Å². The molecule has 1 aromatic heterocycles. The molecule has 1 heterocycles. The minimum absolute atomic E-state index is 0.0767. The van der Waals surface area contributed by atoms with Crippen molar-refractivity contribution < 1.29 is 9.53 Å². The van der Waals surface area contributed by atoms with Crippen LogP contribution >= 0.6 is 0 Å². The van der Waals surface area contributed by atoms with Crippen molar-refractivity contribution in [2.24, 2.45) is 0 Å². The van der Waals surface area contributed by atoms with Crippen LogP contribution in [0.5, 0.6) is 5.75 Å². The van der Waals surface area contributed by atoms with E-state index in [2.05, 4.69) is 35.4 Å². The smallest absolute Gasteiger partial charge is 0.262 e. The van der Waals surface area contributed by atoms with Crippen LogP contribution in [0.15, 0.2) is 61.2 Å². The highest BCUT2D eigenvalue weighted by Gasteiger charge is 2.12. The van der Waals surface area contributed by atoms with Crippen molar-refractivity contribution in [1.82, 2.24) is 14.8 Å². The van der Waals surface area contributed by atoms with Gasteiger partial charge in [0.2, 0.25) is 0 Å². The first kappa shape index (κ1) is 17.7. The highest BCUT2D eigenvalue weighted by atomic mass is 16.5. The van der Waals surface area contributed by atoms with Gasteiger partial charge in [0.1, 0.15) is 18.4 Å². The molecule has 0 bridgehead atoms. The summed E-state index contributed by atoms with van der Waals surface area (Å²) in [4.78, 5) is 12.1. The number of carbonyl (C=O) groups excluding carboxylic acids is 1. The number of aromatic nitrogens is 3. The van der Waals surface area contributed by atoms with Gasteiger partial charge in [0.05, 0.1) is 5.69 Å². The lowest BCUT2D eigenvalue weighted by Gasteiger charge is -2.16. The fourth-order valence-corrected chi connectivity index (χ4v) is 2.59. The van der Waals surface area contributed by atoms with Crippen molar-refractivity contribution >= 4 is 11.6 Å². The van der Waals surface area contributed by atoms with Crippen LogP contribution in [-0.4, -0.2) is 27.3 Å². The summed E-state index contributed by atoms with van der Waals surface area (Å²) < 4.78 is 7.56. The lowest BCUT2D eigenvalue weighted by atomic mass is 9.98. The van der Waals surface area contributed by atoms with E-state index in [1.54, 1.807) is 17.2 Å². The van der Waals surface area contributed by atoms with Gasteiger partial charge >= 0.3 is 0 Å². The predicted octanol–water partition coefficient (Wildman–Crippen LogP) is 3.80. The average molecular weight is 350 g/mol. The van der Waals surface area contributed by atoms with E-state index in [4.69, 9.17) is 4.74 Å². The fourth-order valence-electron chi connectivity index (χ4n) is 2.59. The molecule has 0 radical (unpaired) electrons. The minimum Gasteiger partial charge on any atom is -0.482 e. The van der Waals surface area contributed by atoms with Crippen LogP contribution in [0.2, 0.25) is 0 Å². The lowest BCUT2D eigenvalue weighted by molar-refractivity contribution is -0.118. The molecule has 1 amide bonds. The van der Waals surface area contributed by atoms with E-state index in [1.165, 1.54) is 5.56 Å². The van der Waals surface area contributed by atoms with Crippen LogP contribution in [0.4, 0.5) is 5.69 Å². The molecule has 6 heteroatoms. The molecule has 6 nitrogen and oxygen atoms in total. The number of nitrogens with zero attached hydrogens (tertiary/aromatic N) is 3. The monoisotopic (exact) mass is 350 g/mol. The third-order valence-electron chi connectivity index (χ3n) is 4.28. The summed E-state index contributed by atoms with van der Waals surface area (Å²) in [5.41, 5.74) is 2.77. The van der Waals surface area contributed by atoms with Gasteiger partial charge < -0.3 is 10.1 Å². The summed E-state index contributed by atoms with van der Waals surface area (Å²) in [7, 11) is 0. The third kappa shape index (κ3) is 4.27. The molecule has 3 aromatic rings. The molecule has 0 saturated carbocycles. The zero-order valence-electron chi connectivity index (χ0n) is 14.9. The molecule has 26 heavy (non-hydrogen) atoms. The number of anilines is 1. The van der Waals surface area contributed by atoms with E-state index in [1.807, 2.05) is 42.5 Å². The van der Waals surface area contributed by atoms with Crippen molar-refractivity contribution in [3.8, 4) is 11.4 Å². The van der Waals surface area contributed by atoms with Crippen LogP contribution in [0.3, 0.4) is 0 Å². The number of carbonyl (C=O) groups is 1. The summed E-state index contributed by atoms with van der Waals surface area (Å²) in [5.74, 6) is 0.831. The first-order valence-corrected chi connectivity index (χ1v) is 8.64. The molecule has 0 saturated heterocycles. The lowest BCUT2D eigenvalue weighted by Crippen LogP contribution is -2.20. The molecule has 134 valence electrons. The molecule has 3 rings (SSSR count). The van der Waals surface area contributed by atoms with E-state index in [0.29, 0.717) is 11.7 Å². The molecule has 0 unspecified atom stereocenters. The molecule has 0 aliphatic carbocycles. The number of amides is 1. The average Bonchev–Trinajstić information content (AvgIpc) is 3.21. The zero-order valence-corrected chi connectivity index (χ0v) is 14.9. The van der Waals surface area contributed by atoms with Gasteiger partial charge in [-0.05, 0) is 42.2 Å². The topological polar surface area (TPSA) is 69.0 Å². The van der Waals surface area contributed by atoms with Gasteiger partial charge in [-0.15, -0.1) is 10.2 Å². The first-order chi connectivity index (χ1) is 12.7. The highest BCUT2D eigenvalue weighted by Crippen LogP contribution is 2.28. The van der Waals surface area contributed by atoms with Gasteiger partial charge in [-0.1, -0.05) is 38.1 Å². The second-order valence-corrected chi connectivity index (χ2v) is 6.11. The van der Waals surface area contributed by atoms with E-state index < -0.39 is 0 Å². The predicted molar refractivity (Wildman–Crippen MR) is 101 cm³/mol. The SMILES string of the molecule is CC[C@H](C)c1ccc(OCC(=O)Nc2ccccc2)c(-n2cnnc2)c1. The summed E-state index contributed by atoms with van der Waals surface area (Å²) in [6.07, 6.45) is 4.28. The normalized spacial score (nSPS) is 11.8. The molecule has 0 aliphatic rings. The van der Waals surface area contributed by atoms with Crippen molar-refractivity contribution in [3.63, 3.8) is 0 Å². The molecule has 1 atom stereocenters. The van der Waals surface area contributed by atoms with Crippen molar-refractivity contribution in [2.45, 2.75) is 26.2 Å². The Morgan fingerprint density at radius 2 is 1.88 bits per heavy atom. The number of rotatable bonds is 7.